The zero-order valence-electron chi connectivity index (χ0n) is 10.1. The molecule has 0 unspecified atom stereocenters. The predicted octanol–water partition coefficient (Wildman–Crippen LogP) is 2.17. The fourth-order valence-electron chi connectivity index (χ4n) is 1.88. The first-order valence-corrected chi connectivity index (χ1v) is 6.96. The van der Waals surface area contributed by atoms with E-state index in [9.17, 15) is 0 Å². The van der Waals surface area contributed by atoms with E-state index in [0.717, 1.165) is 31.8 Å². The summed E-state index contributed by atoms with van der Waals surface area (Å²) in [6, 6.07) is 2.69. The Hall–Kier alpha value is -1.29. The van der Waals surface area contributed by atoms with Crippen molar-refractivity contribution >= 4 is 17.3 Å². The second-order valence-electron chi connectivity index (χ2n) is 4.16. The number of thiophene rings is 1. The van der Waals surface area contributed by atoms with Crippen LogP contribution in [0, 0.1) is 0 Å². The van der Waals surface area contributed by atoms with Crippen molar-refractivity contribution in [1.29, 1.82) is 0 Å². The lowest BCUT2D eigenvalue weighted by molar-refractivity contribution is 0.633. The fraction of sp³-hybridized carbons (Fsp3) is 0.462. The van der Waals surface area contributed by atoms with Crippen molar-refractivity contribution in [3.8, 4) is 0 Å². The summed E-state index contributed by atoms with van der Waals surface area (Å²) in [6.07, 6.45) is 7.69. The van der Waals surface area contributed by atoms with Crippen molar-refractivity contribution in [3.63, 3.8) is 0 Å². The summed E-state index contributed by atoms with van der Waals surface area (Å²) in [6.45, 7) is 0.927. The summed E-state index contributed by atoms with van der Waals surface area (Å²) in [5.74, 6) is 0.911. The summed E-state index contributed by atoms with van der Waals surface area (Å²) >= 11 is 1.75. The van der Waals surface area contributed by atoms with Crippen LogP contribution >= 0.6 is 11.3 Å². The molecular weight excluding hydrogens is 230 g/mol. The van der Waals surface area contributed by atoms with Gasteiger partial charge in [0.25, 0.3) is 0 Å². The number of nitrogens with one attached hydrogen (secondary N) is 2. The second kappa shape index (κ2) is 6.45. The van der Waals surface area contributed by atoms with E-state index in [1.165, 1.54) is 5.56 Å². The highest BCUT2D eigenvalue weighted by Gasteiger charge is 2.10. The van der Waals surface area contributed by atoms with Crippen molar-refractivity contribution in [2.45, 2.75) is 25.3 Å². The highest BCUT2D eigenvalue weighted by molar-refractivity contribution is 7.07. The third-order valence-electron chi connectivity index (χ3n) is 2.86. The molecule has 92 valence electrons. The number of rotatable bonds is 4. The molecule has 0 amide bonds. The van der Waals surface area contributed by atoms with E-state index in [1.54, 1.807) is 11.3 Å². The largest absolute Gasteiger partial charge is 0.356 e. The van der Waals surface area contributed by atoms with Crippen LogP contribution in [0.15, 0.2) is 34.0 Å². The van der Waals surface area contributed by atoms with E-state index in [0.29, 0.717) is 6.04 Å². The van der Waals surface area contributed by atoms with Gasteiger partial charge in [-0.05, 0) is 41.7 Å². The first-order valence-electron chi connectivity index (χ1n) is 6.02. The molecule has 0 saturated heterocycles. The van der Waals surface area contributed by atoms with Crippen LogP contribution in [0.4, 0.5) is 0 Å². The smallest absolute Gasteiger partial charge is 0.191 e. The Morgan fingerprint density at radius 1 is 1.47 bits per heavy atom. The molecule has 0 bridgehead atoms. The average molecular weight is 249 g/mol. The Labute approximate surface area is 107 Å². The maximum absolute atomic E-state index is 4.24. The van der Waals surface area contributed by atoms with E-state index >= 15 is 0 Å². The molecular formula is C13H19N3S. The van der Waals surface area contributed by atoms with Crippen LogP contribution in [-0.4, -0.2) is 25.6 Å². The SMILES string of the molecule is CN=C(NCCc1ccsc1)NC1CC=CC1. The summed E-state index contributed by atoms with van der Waals surface area (Å²) in [5, 5.41) is 11.1. The third kappa shape index (κ3) is 3.89. The lowest BCUT2D eigenvalue weighted by Gasteiger charge is -2.16. The van der Waals surface area contributed by atoms with Gasteiger partial charge in [-0.25, -0.2) is 0 Å². The highest BCUT2D eigenvalue weighted by atomic mass is 32.1. The molecule has 0 saturated carbocycles. The van der Waals surface area contributed by atoms with E-state index in [1.807, 2.05) is 7.05 Å². The number of aliphatic imine (C=N–C) groups is 1. The summed E-state index contributed by atoms with van der Waals surface area (Å²) in [4.78, 5) is 4.24. The number of hydrogen-bond acceptors (Lipinski definition) is 2. The number of nitrogens with zero attached hydrogens (tertiary/aromatic N) is 1. The molecule has 1 heterocycles. The van der Waals surface area contributed by atoms with Gasteiger partial charge in [-0.3, -0.25) is 4.99 Å². The molecule has 0 atom stereocenters. The molecule has 1 aromatic heterocycles. The topological polar surface area (TPSA) is 36.4 Å². The van der Waals surface area contributed by atoms with Gasteiger partial charge < -0.3 is 10.6 Å². The monoisotopic (exact) mass is 249 g/mol. The zero-order valence-corrected chi connectivity index (χ0v) is 11.0. The maximum atomic E-state index is 4.24. The third-order valence-corrected chi connectivity index (χ3v) is 3.59. The molecule has 1 aliphatic rings. The molecule has 2 N–H and O–H groups in total. The first kappa shape index (κ1) is 12.2. The fourth-order valence-corrected chi connectivity index (χ4v) is 2.59. The van der Waals surface area contributed by atoms with Crippen LogP contribution in [0.3, 0.4) is 0 Å². The van der Waals surface area contributed by atoms with Gasteiger partial charge >= 0.3 is 0 Å². The van der Waals surface area contributed by atoms with Crippen LogP contribution in [0.1, 0.15) is 18.4 Å². The Kier molecular flexibility index (Phi) is 4.62. The number of guanidine groups is 1. The molecule has 1 aromatic rings. The van der Waals surface area contributed by atoms with Gasteiger partial charge in [-0.15, -0.1) is 0 Å². The molecule has 3 nitrogen and oxygen atoms in total. The minimum Gasteiger partial charge on any atom is -0.356 e. The van der Waals surface area contributed by atoms with Gasteiger partial charge in [-0.2, -0.15) is 11.3 Å². The van der Waals surface area contributed by atoms with Gasteiger partial charge in [-0.1, -0.05) is 12.2 Å². The molecule has 0 fully saturated rings. The predicted molar refractivity (Wildman–Crippen MR) is 74.7 cm³/mol. The lowest BCUT2D eigenvalue weighted by Crippen LogP contribution is -2.43. The summed E-state index contributed by atoms with van der Waals surface area (Å²) < 4.78 is 0. The normalized spacial score (nSPS) is 16.4. The van der Waals surface area contributed by atoms with E-state index < -0.39 is 0 Å². The van der Waals surface area contributed by atoms with Crippen LogP contribution in [0.5, 0.6) is 0 Å². The molecule has 17 heavy (non-hydrogen) atoms. The molecule has 0 radical (unpaired) electrons. The van der Waals surface area contributed by atoms with Gasteiger partial charge in [0.15, 0.2) is 5.96 Å². The van der Waals surface area contributed by atoms with Crippen molar-refractivity contribution in [1.82, 2.24) is 10.6 Å². The van der Waals surface area contributed by atoms with E-state index in [2.05, 4.69) is 44.6 Å². The molecule has 2 rings (SSSR count). The van der Waals surface area contributed by atoms with Gasteiger partial charge in [0.05, 0.1) is 0 Å². The van der Waals surface area contributed by atoms with Gasteiger partial charge in [0.2, 0.25) is 0 Å². The van der Waals surface area contributed by atoms with E-state index in [4.69, 9.17) is 0 Å². The standard InChI is InChI=1S/C13H19N3S/c1-14-13(16-12-4-2-3-5-12)15-8-6-11-7-9-17-10-11/h2-3,7,9-10,12H,4-6,8H2,1H3,(H2,14,15,16). The van der Waals surface area contributed by atoms with Crippen LogP contribution in [0.25, 0.3) is 0 Å². The molecule has 4 heteroatoms. The molecule has 1 aliphatic carbocycles. The van der Waals surface area contributed by atoms with Crippen LogP contribution in [0.2, 0.25) is 0 Å². The minimum absolute atomic E-state index is 0.516. The van der Waals surface area contributed by atoms with Crippen molar-refractivity contribution in [2.24, 2.45) is 4.99 Å². The highest BCUT2D eigenvalue weighted by Crippen LogP contribution is 2.08. The van der Waals surface area contributed by atoms with Crippen LogP contribution in [-0.2, 0) is 6.42 Å². The Morgan fingerprint density at radius 3 is 2.94 bits per heavy atom. The Morgan fingerprint density at radius 2 is 2.29 bits per heavy atom. The summed E-state index contributed by atoms with van der Waals surface area (Å²) in [5.41, 5.74) is 1.39. The second-order valence-corrected chi connectivity index (χ2v) is 4.94. The molecule has 0 aliphatic heterocycles. The summed E-state index contributed by atoms with van der Waals surface area (Å²) in [7, 11) is 1.82. The minimum atomic E-state index is 0.516. The Bertz CT molecular complexity index is 373. The maximum Gasteiger partial charge on any atom is 0.191 e. The first-order chi connectivity index (χ1) is 8.38. The van der Waals surface area contributed by atoms with Gasteiger partial charge in [0.1, 0.15) is 0 Å². The van der Waals surface area contributed by atoms with E-state index in [-0.39, 0.29) is 0 Å². The van der Waals surface area contributed by atoms with Crippen molar-refractivity contribution in [3.05, 3.63) is 34.5 Å². The average Bonchev–Trinajstić information content (AvgIpc) is 3.00. The number of hydrogen-bond donors (Lipinski definition) is 2. The van der Waals surface area contributed by atoms with Crippen LogP contribution < -0.4 is 10.6 Å². The van der Waals surface area contributed by atoms with Crippen molar-refractivity contribution < 1.29 is 0 Å². The van der Waals surface area contributed by atoms with Crippen molar-refractivity contribution in [2.75, 3.05) is 13.6 Å². The quantitative estimate of drug-likeness (QED) is 0.487. The van der Waals surface area contributed by atoms with Gasteiger partial charge in [0, 0.05) is 19.6 Å². The molecule has 0 aromatic carbocycles. The lowest BCUT2D eigenvalue weighted by atomic mass is 10.2. The Balaban J connectivity index is 1.69. The zero-order chi connectivity index (χ0) is 11.9. The molecule has 0 spiro atoms.